The number of hydrogen-bond donors (Lipinski definition) is 1. The average Bonchev–Trinajstić information content (AvgIpc) is 2.98. The molecule has 2 aromatic rings. The van der Waals surface area contributed by atoms with E-state index in [4.69, 9.17) is 11.6 Å². The van der Waals surface area contributed by atoms with Gasteiger partial charge in [-0.2, -0.15) is 8.42 Å². The maximum atomic E-state index is 12.4. The van der Waals surface area contributed by atoms with E-state index in [0.29, 0.717) is 10.6 Å². The molecule has 1 atom stereocenters. The Kier molecular flexibility index (Phi) is 5.48. The molecular formula is C18H18ClN3O4S. The van der Waals surface area contributed by atoms with Crippen LogP contribution in [0.4, 0.5) is 0 Å². The normalized spacial score (nSPS) is 17.2. The highest BCUT2D eigenvalue weighted by Crippen LogP contribution is 2.24. The van der Waals surface area contributed by atoms with Gasteiger partial charge in [-0.1, -0.05) is 35.9 Å². The molecule has 1 N–H and O–H groups in total. The van der Waals surface area contributed by atoms with Gasteiger partial charge in [0.25, 0.3) is 10.0 Å². The van der Waals surface area contributed by atoms with E-state index in [0.717, 1.165) is 5.56 Å². The van der Waals surface area contributed by atoms with Crippen LogP contribution in [0.3, 0.4) is 0 Å². The second-order valence-electron chi connectivity index (χ2n) is 6.36. The lowest BCUT2D eigenvalue weighted by Crippen LogP contribution is -2.37. The molecule has 142 valence electrons. The number of amides is 2. The molecule has 0 aliphatic carbocycles. The Morgan fingerprint density at radius 3 is 2.74 bits per heavy atom. The van der Waals surface area contributed by atoms with Crippen LogP contribution in [0.1, 0.15) is 17.5 Å². The summed E-state index contributed by atoms with van der Waals surface area (Å²) < 4.78 is 26.9. The number of sulfonamides is 1. The Morgan fingerprint density at radius 1 is 1.30 bits per heavy atom. The Morgan fingerprint density at radius 2 is 2.04 bits per heavy atom. The Balaban J connectivity index is 1.69. The number of hydrogen-bond acceptors (Lipinski definition) is 5. The third kappa shape index (κ3) is 4.28. The van der Waals surface area contributed by atoms with Crippen molar-refractivity contribution in [2.24, 2.45) is 5.92 Å². The zero-order valence-electron chi connectivity index (χ0n) is 14.6. The second-order valence-corrected chi connectivity index (χ2v) is 8.37. The summed E-state index contributed by atoms with van der Waals surface area (Å²) in [7, 11) is -4.09. The zero-order chi connectivity index (χ0) is 19.6. The van der Waals surface area contributed by atoms with Gasteiger partial charge in [-0.05, 0) is 30.2 Å². The molecule has 9 heteroatoms. The number of nitrogens with zero attached hydrogens (tertiary/aromatic N) is 2. The lowest BCUT2D eigenvalue weighted by atomic mass is 10.1. The molecule has 2 amide bonds. The fourth-order valence-corrected chi connectivity index (χ4v) is 4.36. The molecule has 0 radical (unpaired) electrons. The minimum Gasteiger partial charge on any atom is -0.337 e. The van der Waals surface area contributed by atoms with Crippen molar-refractivity contribution in [3.63, 3.8) is 0 Å². The number of carbonyl (C=O) groups excluding carboxylic acids is 2. The summed E-state index contributed by atoms with van der Waals surface area (Å²) in [5, 5.41) is 0.335. The largest absolute Gasteiger partial charge is 0.337 e. The molecule has 1 fully saturated rings. The fraction of sp³-hybridized carbons (Fsp3) is 0.278. The Hall–Kier alpha value is -2.45. The maximum Gasteiger partial charge on any atom is 0.281 e. The Labute approximate surface area is 162 Å². The van der Waals surface area contributed by atoms with Crippen LogP contribution < -0.4 is 4.72 Å². The van der Waals surface area contributed by atoms with Crippen molar-refractivity contribution in [3.8, 4) is 0 Å². The smallest absolute Gasteiger partial charge is 0.281 e. The van der Waals surface area contributed by atoms with Gasteiger partial charge in [0.1, 0.15) is 0 Å². The molecular weight excluding hydrogens is 390 g/mol. The summed E-state index contributed by atoms with van der Waals surface area (Å²) in [6, 6.07) is 10.3. The fourth-order valence-electron chi connectivity index (χ4n) is 2.95. The number of nitrogens with one attached hydrogen (secondary N) is 1. The summed E-state index contributed by atoms with van der Waals surface area (Å²) in [5.41, 5.74) is 1.20. The quantitative estimate of drug-likeness (QED) is 0.816. The minimum absolute atomic E-state index is 0.0486. The molecule has 2 heterocycles. The van der Waals surface area contributed by atoms with Gasteiger partial charge in [0, 0.05) is 30.7 Å². The number of benzene rings is 1. The van der Waals surface area contributed by atoms with E-state index in [-0.39, 0.29) is 30.4 Å². The van der Waals surface area contributed by atoms with Crippen LogP contribution in [0, 0.1) is 12.8 Å². The third-order valence-corrected chi connectivity index (χ3v) is 6.13. The second kappa shape index (κ2) is 7.66. The van der Waals surface area contributed by atoms with E-state index in [1.165, 1.54) is 11.1 Å². The standard InChI is InChI=1S/C18H18ClN3O4S/c1-12-5-4-8-20-18(12)27(25,26)21-17(24)14-9-16(23)22(11-14)10-13-6-2-3-7-15(13)19/h2-8,14H,9-11H2,1H3,(H,21,24). The molecule has 1 aliphatic rings. The lowest BCUT2D eigenvalue weighted by Gasteiger charge is -2.17. The number of carbonyl (C=O) groups is 2. The van der Waals surface area contributed by atoms with Crippen LogP contribution >= 0.6 is 11.6 Å². The molecule has 0 saturated carbocycles. The van der Waals surface area contributed by atoms with E-state index in [2.05, 4.69) is 4.98 Å². The Bertz CT molecular complexity index is 994. The summed E-state index contributed by atoms with van der Waals surface area (Å²) in [6.45, 7) is 2.00. The molecule has 7 nitrogen and oxygen atoms in total. The number of likely N-dealkylation sites (tertiary alicyclic amines) is 1. The van der Waals surface area contributed by atoms with Crippen molar-refractivity contribution in [1.82, 2.24) is 14.6 Å². The molecule has 1 unspecified atom stereocenters. The number of aromatic nitrogens is 1. The van der Waals surface area contributed by atoms with E-state index in [9.17, 15) is 18.0 Å². The van der Waals surface area contributed by atoms with E-state index in [1.54, 1.807) is 37.3 Å². The lowest BCUT2D eigenvalue weighted by molar-refractivity contribution is -0.129. The first kappa shape index (κ1) is 19.3. The van der Waals surface area contributed by atoms with Gasteiger partial charge in [0.05, 0.1) is 5.92 Å². The van der Waals surface area contributed by atoms with Crippen molar-refractivity contribution in [3.05, 3.63) is 58.7 Å². The molecule has 1 aromatic carbocycles. The first-order chi connectivity index (χ1) is 12.8. The number of rotatable bonds is 5. The predicted octanol–water partition coefficient (Wildman–Crippen LogP) is 1.90. The van der Waals surface area contributed by atoms with E-state index in [1.807, 2.05) is 10.8 Å². The zero-order valence-corrected chi connectivity index (χ0v) is 16.1. The molecule has 0 spiro atoms. The molecule has 1 aliphatic heterocycles. The number of aryl methyl sites for hydroxylation is 1. The number of halogens is 1. The topological polar surface area (TPSA) is 96.4 Å². The van der Waals surface area contributed by atoms with Crippen LogP contribution in [0.2, 0.25) is 5.02 Å². The first-order valence-electron chi connectivity index (χ1n) is 8.27. The molecule has 3 rings (SSSR count). The summed E-state index contributed by atoms with van der Waals surface area (Å²) >= 11 is 6.12. The molecule has 1 aromatic heterocycles. The van der Waals surface area contributed by atoms with Gasteiger partial charge in [-0.15, -0.1) is 0 Å². The van der Waals surface area contributed by atoms with Gasteiger partial charge in [-0.25, -0.2) is 9.71 Å². The van der Waals surface area contributed by atoms with E-state index < -0.39 is 21.8 Å². The highest BCUT2D eigenvalue weighted by molar-refractivity contribution is 7.90. The van der Waals surface area contributed by atoms with Crippen molar-refractivity contribution in [2.45, 2.75) is 24.9 Å². The monoisotopic (exact) mass is 407 g/mol. The average molecular weight is 408 g/mol. The molecule has 27 heavy (non-hydrogen) atoms. The molecule has 0 bridgehead atoms. The van der Waals surface area contributed by atoms with E-state index >= 15 is 0 Å². The third-order valence-electron chi connectivity index (χ3n) is 4.36. The highest BCUT2D eigenvalue weighted by atomic mass is 35.5. The van der Waals surface area contributed by atoms with Crippen molar-refractivity contribution >= 4 is 33.4 Å². The van der Waals surface area contributed by atoms with Crippen molar-refractivity contribution in [2.75, 3.05) is 6.54 Å². The minimum atomic E-state index is -4.09. The van der Waals surface area contributed by atoms with Crippen LogP contribution in [0.5, 0.6) is 0 Å². The van der Waals surface area contributed by atoms with Gasteiger partial charge in [0.2, 0.25) is 11.8 Å². The highest BCUT2D eigenvalue weighted by Gasteiger charge is 2.36. The summed E-state index contributed by atoms with van der Waals surface area (Å²) in [6.07, 6.45) is 1.30. The maximum absolute atomic E-state index is 12.4. The number of pyridine rings is 1. The van der Waals surface area contributed by atoms with Crippen LogP contribution in [-0.4, -0.2) is 36.7 Å². The van der Waals surface area contributed by atoms with Gasteiger partial charge in [0.15, 0.2) is 5.03 Å². The summed E-state index contributed by atoms with van der Waals surface area (Å²) in [4.78, 5) is 30.0. The molecule has 1 saturated heterocycles. The van der Waals surface area contributed by atoms with Crippen LogP contribution in [0.25, 0.3) is 0 Å². The first-order valence-corrected chi connectivity index (χ1v) is 10.1. The SMILES string of the molecule is Cc1cccnc1S(=O)(=O)NC(=O)C1CC(=O)N(Cc2ccccc2Cl)C1. The van der Waals surface area contributed by atoms with Crippen molar-refractivity contribution in [1.29, 1.82) is 0 Å². The predicted molar refractivity (Wildman–Crippen MR) is 99.3 cm³/mol. The van der Waals surface area contributed by atoms with Crippen LogP contribution in [-0.2, 0) is 26.2 Å². The van der Waals surface area contributed by atoms with Crippen molar-refractivity contribution < 1.29 is 18.0 Å². The summed E-state index contributed by atoms with van der Waals surface area (Å²) in [5.74, 6) is -1.68. The van der Waals surface area contributed by atoms with Gasteiger partial charge < -0.3 is 4.90 Å². The van der Waals surface area contributed by atoms with Crippen LogP contribution in [0.15, 0.2) is 47.6 Å². The van der Waals surface area contributed by atoms with Gasteiger partial charge in [-0.3, -0.25) is 9.59 Å². The van der Waals surface area contributed by atoms with Gasteiger partial charge >= 0.3 is 0 Å².